The highest BCUT2D eigenvalue weighted by Gasteiger charge is 2.22. The fourth-order valence-corrected chi connectivity index (χ4v) is 3.75. The first-order valence-corrected chi connectivity index (χ1v) is 10.4. The van der Waals surface area contributed by atoms with Gasteiger partial charge in [0, 0.05) is 12.2 Å². The van der Waals surface area contributed by atoms with Crippen LogP contribution in [0.5, 0.6) is 0 Å². The summed E-state index contributed by atoms with van der Waals surface area (Å²) < 4.78 is 7.33. The van der Waals surface area contributed by atoms with Crippen molar-refractivity contribution in [1.29, 1.82) is 0 Å². The molecule has 1 N–H and O–H groups in total. The molecule has 0 spiro atoms. The van der Waals surface area contributed by atoms with Gasteiger partial charge in [0.2, 0.25) is 5.91 Å². The van der Waals surface area contributed by atoms with Crippen LogP contribution < -0.4 is 5.32 Å². The molecule has 0 saturated carbocycles. The number of anilines is 1. The van der Waals surface area contributed by atoms with Gasteiger partial charge in [0.25, 0.3) is 0 Å². The third kappa shape index (κ3) is 4.79. The molecular weight excluding hydrogens is 384 g/mol. The first kappa shape index (κ1) is 20.9. The van der Waals surface area contributed by atoms with Gasteiger partial charge in [-0.2, -0.15) is 0 Å². The van der Waals surface area contributed by atoms with Crippen LogP contribution in [-0.4, -0.2) is 25.9 Å². The third-order valence-corrected chi connectivity index (χ3v) is 5.71. The lowest BCUT2D eigenvalue weighted by atomic mass is 10.0. The average molecular weight is 411 g/mol. The predicted molar refractivity (Wildman–Crippen MR) is 117 cm³/mol. The zero-order valence-electron chi connectivity index (χ0n) is 17.2. The van der Waals surface area contributed by atoms with Gasteiger partial charge in [0.05, 0.1) is 17.1 Å². The summed E-state index contributed by atoms with van der Waals surface area (Å²) in [6.45, 7) is 12.4. The van der Waals surface area contributed by atoms with Gasteiger partial charge in [-0.05, 0) is 43.5 Å². The van der Waals surface area contributed by atoms with Gasteiger partial charge in [-0.15, -0.1) is 16.8 Å². The van der Waals surface area contributed by atoms with E-state index in [1.54, 1.807) is 12.3 Å². The highest BCUT2D eigenvalue weighted by atomic mass is 32.2. The van der Waals surface area contributed by atoms with E-state index in [1.165, 1.54) is 17.3 Å². The molecule has 1 amide bonds. The van der Waals surface area contributed by atoms with Crippen molar-refractivity contribution in [3.05, 3.63) is 60.6 Å². The average Bonchev–Trinajstić information content (AvgIpc) is 3.28. The van der Waals surface area contributed by atoms with Gasteiger partial charge in [0.1, 0.15) is 5.76 Å². The van der Waals surface area contributed by atoms with E-state index in [2.05, 4.69) is 35.9 Å². The van der Waals surface area contributed by atoms with Gasteiger partial charge < -0.3 is 9.73 Å². The first-order chi connectivity index (χ1) is 13.9. The number of nitrogens with one attached hydrogen (secondary N) is 1. The largest absolute Gasteiger partial charge is 0.469 e. The molecule has 3 aromatic rings. The molecule has 152 valence electrons. The lowest BCUT2D eigenvalue weighted by Gasteiger charge is -2.13. The summed E-state index contributed by atoms with van der Waals surface area (Å²) in [6, 6.07) is 9.82. The van der Waals surface area contributed by atoms with E-state index < -0.39 is 0 Å². The Hall–Kier alpha value is -2.80. The number of amides is 1. The molecule has 7 heteroatoms. The van der Waals surface area contributed by atoms with Crippen LogP contribution in [-0.2, 0) is 11.3 Å². The number of aryl methyl sites for hydroxylation is 1. The van der Waals surface area contributed by atoms with Crippen LogP contribution >= 0.6 is 11.8 Å². The fourth-order valence-electron chi connectivity index (χ4n) is 2.89. The molecule has 1 atom stereocenters. The molecule has 0 unspecified atom stereocenters. The highest BCUT2D eigenvalue weighted by Crippen LogP contribution is 2.29. The van der Waals surface area contributed by atoms with E-state index in [4.69, 9.17) is 4.42 Å². The van der Waals surface area contributed by atoms with Crippen LogP contribution in [0.4, 0.5) is 5.69 Å². The molecule has 0 bridgehead atoms. The monoisotopic (exact) mass is 410 g/mol. The third-order valence-electron chi connectivity index (χ3n) is 4.62. The quantitative estimate of drug-likeness (QED) is 0.404. The SMILES string of the molecule is C=CCn1c(S[C@@H](C)C(=O)Nc2ccc(C(C)C)cc2)nnc1-c1ccoc1C. The molecule has 0 saturated heterocycles. The zero-order chi connectivity index (χ0) is 21.0. The second-order valence-electron chi connectivity index (χ2n) is 7.12. The smallest absolute Gasteiger partial charge is 0.237 e. The minimum Gasteiger partial charge on any atom is -0.469 e. The lowest BCUT2D eigenvalue weighted by Crippen LogP contribution is -2.23. The molecule has 1 aromatic carbocycles. The van der Waals surface area contributed by atoms with Gasteiger partial charge in [-0.3, -0.25) is 9.36 Å². The maximum Gasteiger partial charge on any atom is 0.237 e. The number of thioether (sulfide) groups is 1. The van der Waals surface area contributed by atoms with E-state index in [1.807, 2.05) is 48.7 Å². The molecule has 0 radical (unpaired) electrons. The van der Waals surface area contributed by atoms with Crippen molar-refractivity contribution in [2.45, 2.75) is 50.6 Å². The van der Waals surface area contributed by atoms with Gasteiger partial charge in [0.15, 0.2) is 11.0 Å². The zero-order valence-corrected chi connectivity index (χ0v) is 18.0. The van der Waals surface area contributed by atoms with Crippen LogP contribution in [0.3, 0.4) is 0 Å². The summed E-state index contributed by atoms with van der Waals surface area (Å²) >= 11 is 1.37. The second kappa shape index (κ2) is 9.13. The summed E-state index contributed by atoms with van der Waals surface area (Å²) in [4.78, 5) is 12.7. The number of aromatic nitrogens is 3. The maximum absolute atomic E-state index is 12.7. The number of benzene rings is 1. The Labute approximate surface area is 175 Å². The van der Waals surface area contributed by atoms with Crippen LogP contribution in [0.1, 0.15) is 38.0 Å². The summed E-state index contributed by atoms with van der Waals surface area (Å²) in [5, 5.41) is 11.9. The van der Waals surface area contributed by atoms with Crippen molar-refractivity contribution in [2.24, 2.45) is 0 Å². The Morgan fingerprint density at radius 2 is 1.97 bits per heavy atom. The number of nitrogens with zero attached hydrogens (tertiary/aromatic N) is 3. The molecule has 0 aliphatic heterocycles. The fraction of sp³-hybridized carbons (Fsp3) is 0.318. The number of allylic oxidation sites excluding steroid dienone is 1. The van der Waals surface area contributed by atoms with Crippen LogP contribution in [0.2, 0.25) is 0 Å². The molecule has 2 heterocycles. The lowest BCUT2D eigenvalue weighted by molar-refractivity contribution is -0.115. The topological polar surface area (TPSA) is 73.0 Å². The van der Waals surface area contributed by atoms with Crippen LogP contribution in [0.15, 0.2) is 58.8 Å². The molecular formula is C22H26N4O2S. The number of furan rings is 1. The normalized spacial score (nSPS) is 12.2. The molecule has 0 fully saturated rings. The van der Waals surface area contributed by atoms with E-state index in [0.29, 0.717) is 23.4 Å². The van der Waals surface area contributed by atoms with Gasteiger partial charge in [-0.1, -0.05) is 43.8 Å². The summed E-state index contributed by atoms with van der Waals surface area (Å²) in [5.41, 5.74) is 2.91. The van der Waals surface area contributed by atoms with Crippen LogP contribution in [0, 0.1) is 6.92 Å². The molecule has 6 nitrogen and oxygen atoms in total. The standard InChI is InChI=1S/C22H26N4O2S/c1-6-12-26-20(19-11-13-28-15(19)4)24-25-22(26)29-16(5)21(27)23-18-9-7-17(8-10-18)14(2)3/h6-11,13-14,16H,1,12H2,2-5H3,(H,23,27)/t16-/m0/s1. The van der Waals surface area contributed by atoms with Crippen molar-refractivity contribution in [2.75, 3.05) is 5.32 Å². The van der Waals surface area contributed by atoms with Crippen molar-refractivity contribution in [1.82, 2.24) is 14.8 Å². The van der Waals surface area contributed by atoms with Crippen LogP contribution in [0.25, 0.3) is 11.4 Å². The molecule has 3 rings (SSSR count). The number of hydrogen-bond donors (Lipinski definition) is 1. The Bertz CT molecular complexity index is 989. The van der Waals surface area contributed by atoms with E-state index >= 15 is 0 Å². The Morgan fingerprint density at radius 1 is 1.24 bits per heavy atom. The van der Waals surface area contributed by atoms with Gasteiger partial charge >= 0.3 is 0 Å². The van der Waals surface area contributed by atoms with E-state index in [9.17, 15) is 4.79 Å². The highest BCUT2D eigenvalue weighted by molar-refractivity contribution is 8.00. The number of hydrogen-bond acceptors (Lipinski definition) is 5. The van der Waals surface area contributed by atoms with Crippen molar-refractivity contribution < 1.29 is 9.21 Å². The summed E-state index contributed by atoms with van der Waals surface area (Å²) in [6.07, 6.45) is 3.42. The summed E-state index contributed by atoms with van der Waals surface area (Å²) in [7, 11) is 0. The molecule has 0 aliphatic carbocycles. The second-order valence-corrected chi connectivity index (χ2v) is 8.43. The van der Waals surface area contributed by atoms with Crippen molar-refractivity contribution >= 4 is 23.4 Å². The Kier molecular flexibility index (Phi) is 6.59. The molecule has 0 aliphatic rings. The number of carbonyl (C=O) groups is 1. The predicted octanol–water partition coefficient (Wildman–Crippen LogP) is 5.28. The minimum absolute atomic E-state index is 0.0820. The number of carbonyl (C=O) groups excluding carboxylic acids is 1. The Morgan fingerprint density at radius 3 is 2.55 bits per heavy atom. The van der Waals surface area contributed by atoms with Gasteiger partial charge in [-0.25, -0.2) is 0 Å². The number of rotatable bonds is 8. The maximum atomic E-state index is 12.7. The van der Waals surface area contributed by atoms with Crippen molar-refractivity contribution in [3.63, 3.8) is 0 Å². The first-order valence-electron chi connectivity index (χ1n) is 9.56. The molecule has 2 aromatic heterocycles. The Balaban J connectivity index is 1.73. The molecule has 29 heavy (non-hydrogen) atoms. The minimum atomic E-state index is -0.342. The summed E-state index contributed by atoms with van der Waals surface area (Å²) in [5.74, 6) is 1.85. The van der Waals surface area contributed by atoms with E-state index in [-0.39, 0.29) is 11.2 Å². The van der Waals surface area contributed by atoms with E-state index in [0.717, 1.165) is 17.0 Å². The van der Waals surface area contributed by atoms with Crippen molar-refractivity contribution in [3.8, 4) is 11.4 Å².